The highest BCUT2D eigenvalue weighted by molar-refractivity contribution is 7.09. The second-order valence-corrected chi connectivity index (χ2v) is 6.66. The van der Waals surface area contributed by atoms with Gasteiger partial charge < -0.3 is 10.0 Å². The number of aliphatic carboxylic acids is 1. The van der Waals surface area contributed by atoms with Gasteiger partial charge in [-0.2, -0.15) is 0 Å². The van der Waals surface area contributed by atoms with Crippen LogP contribution < -0.4 is 0 Å². The van der Waals surface area contributed by atoms with Gasteiger partial charge in [-0.05, 0) is 18.9 Å². The monoisotopic (exact) mass is 311 g/mol. The van der Waals surface area contributed by atoms with Crippen molar-refractivity contribution in [2.45, 2.75) is 32.4 Å². The smallest absolute Gasteiger partial charge is 0.321 e. The van der Waals surface area contributed by atoms with Gasteiger partial charge in [-0.1, -0.05) is 6.92 Å². The van der Waals surface area contributed by atoms with Crippen molar-refractivity contribution in [2.75, 3.05) is 20.6 Å². The Morgan fingerprint density at radius 2 is 2.24 bits per heavy atom. The number of carboxylic acids is 1. The van der Waals surface area contributed by atoms with Crippen LogP contribution in [0.3, 0.4) is 0 Å². The number of carboxylic acid groups (broad SMARTS) is 1. The summed E-state index contributed by atoms with van der Waals surface area (Å²) in [6.45, 7) is 3.29. The standard InChI is InChI=1S/C14H21N3O3S/c1-9-4-5-17(13(9)14(19)20)7-10-8-21-11(15-10)6-12(18)16(2)3/h8-9,13H,4-7H2,1-3H3,(H,19,20). The largest absolute Gasteiger partial charge is 0.480 e. The fourth-order valence-electron chi connectivity index (χ4n) is 2.60. The molecule has 2 unspecified atom stereocenters. The molecular formula is C14H21N3O3S. The first kappa shape index (κ1) is 15.9. The molecule has 21 heavy (non-hydrogen) atoms. The van der Waals surface area contributed by atoms with E-state index in [-0.39, 0.29) is 11.8 Å². The fourth-order valence-corrected chi connectivity index (χ4v) is 3.38. The van der Waals surface area contributed by atoms with Crippen LogP contribution in [0.2, 0.25) is 0 Å². The first-order chi connectivity index (χ1) is 9.88. The van der Waals surface area contributed by atoms with E-state index in [4.69, 9.17) is 0 Å². The maximum Gasteiger partial charge on any atom is 0.321 e. The number of carbonyl (C=O) groups is 2. The van der Waals surface area contributed by atoms with Gasteiger partial charge in [-0.3, -0.25) is 14.5 Å². The molecule has 0 radical (unpaired) electrons. The summed E-state index contributed by atoms with van der Waals surface area (Å²) in [4.78, 5) is 30.9. The molecule has 1 saturated heterocycles. The van der Waals surface area contributed by atoms with Crippen LogP contribution >= 0.6 is 11.3 Å². The molecule has 1 aromatic heterocycles. The third-order valence-electron chi connectivity index (χ3n) is 3.82. The minimum Gasteiger partial charge on any atom is -0.480 e. The molecule has 0 bridgehead atoms. The van der Waals surface area contributed by atoms with Crippen LogP contribution in [0.4, 0.5) is 0 Å². The van der Waals surface area contributed by atoms with Gasteiger partial charge >= 0.3 is 5.97 Å². The van der Waals surface area contributed by atoms with Gasteiger partial charge in [0.2, 0.25) is 5.91 Å². The summed E-state index contributed by atoms with van der Waals surface area (Å²) < 4.78 is 0. The molecule has 1 aliphatic rings. The Labute approximate surface area is 128 Å². The summed E-state index contributed by atoms with van der Waals surface area (Å²) in [7, 11) is 3.44. The average Bonchev–Trinajstić information content (AvgIpc) is 2.97. The SMILES string of the molecule is CC1CCN(Cc2csc(CC(=O)N(C)C)n2)C1C(=O)O. The molecule has 6 nitrogen and oxygen atoms in total. The van der Waals surface area contributed by atoms with E-state index < -0.39 is 12.0 Å². The second kappa shape index (κ2) is 6.53. The van der Waals surface area contributed by atoms with Gasteiger partial charge in [0.15, 0.2) is 0 Å². The van der Waals surface area contributed by atoms with Crippen molar-refractivity contribution in [3.05, 3.63) is 16.1 Å². The van der Waals surface area contributed by atoms with Gasteiger partial charge in [0.25, 0.3) is 0 Å². The zero-order valence-corrected chi connectivity index (χ0v) is 13.4. The van der Waals surface area contributed by atoms with Crippen molar-refractivity contribution in [2.24, 2.45) is 5.92 Å². The first-order valence-corrected chi connectivity index (χ1v) is 7.86. The van der Waals surface area contributed by atoms with Crippen molar-refractivity contribution >= 4 is 23.2 Å². The van der Waals surface area contributed by atoms with Crippen LogP contribution in [0, 0.1) is 5.92 Å². The number of amides is 1. The van der Waals surface area contributed by atoms with Gasteiger partial charge in [-0.25, -0.2) is 4.98 Å². The average molecular weight is 311 g/mol. The molecule has 116 valence electrons. The number of rotatable bonds is 5. The highest BCUT2D eigenvalue weighted by Gasteiger charge is 2.36. The van der Waals surface area contributed by atoms with Crippen LogP contribution in [0.1, 0.15) is 24.0 Å². The lowest BCUT2D eigenvalue weighted by Gasteiger charge is -2.21. The molecule has 0 saturated carbocycles. The maximum atomic E-state index is 11.7. The van der Waals surface area contributed by atoms with Crippen molar-refractivity contribution in [1.29, 1.82) is 0 Å². The van der Waals surface area contributed by atoms with Crippen molar-refractivity contribution in [1.82, 2.24) is 14.8 Å². The van der Waals surface area contributed by atoms with Gasteiger partial charge in [-0.15, -0.1) is 11.3 Å². The molecule has 2 heterocycles. The molecule has 1 N–H and O–H groups in total. The molecule has 1 aliphatic heterocycles. The molecule has 2 rings (SSSR count). The lowest BCUT2D eigenvalue weighted by Crippen LogP contribution is -2.38. The minimum atomic E-state index is -0.766. The summed E-state index contributed by atoms with van der Waals surface area (Å²) in [6, 6.07) is -0.432. The Balaban J connectivity index is 1.99. The van der Waals surface area contributed by atoms with Crippen molar-refractivity contribution in [3.63, 3.8) is 0 Å². The number of nitrogens with zero attached hydrogens (tertiary/aromatic N) is 3. The lowest BCUT2D eigenvalue weighted by atomic mass is 10.0. The predicted octanol–water partition coefficient (Wildman–Crippen LogP) is 1.07. The number of likely N-dealkylation sites (N-methyl/N-ethyl adjacent to an activating group) is 1. The summed E-state index contributed by atoms with van der Waals surface area (Å²) >= 11 is 1.46. The number of thiazole rings is 1. The van der Waals surface area contributed by atoms with E-state index in [0.717, 1.165) is 23.7 Å². The Hall–Kier alpha value is -1.47. The van der Waals surface area contributed by atoms with E-state index in [1.807, 2.05) is 17.2 Å². The molecule has 2 atom stereocenters. The molecule has 0 aliphatic carbocycles. The Kier molecular flexibility index (Phi) is 4.95. The Morgan fingerprint density at radius 3 is 2.86 bits per heavy atom. The highest BCUT2D eigenvalue weighted by Crippen LogP contribution is 2.26. The lowest BCUT2D eigenvalue weighted by molar-refractivity contribution is -0.143. The second-order valence-electron chi connectivity index (χ2n) is 5.72. The van der Waals surface area contributed by atoms with Crippen LogP contribution in [-0.4, -0.2) is 58.4 Å². The van der Waals surface area contributed by atoms with E-state index in [1.54, 1.807) is 19.0 Å². The topological polar surface area (TPSA) is 73.7 Å². The Morgan fingerprint density at radius 1 is 1.52 bits per heavy atom. The van der Waals surface area contributed by atoms with Crippen LogP contribution in [0.25, 0.3) is 0 Å². The third-order valence-corrected chi connectivity index (χ3v) is 4.72. The summed E-state index contributed by atoms with van der Waals surface area (Å²) in [5, 5.41) is 12.0. The highest BCUT2D eigenvalue weighted by atomic mass is 32.1. The maximum absolute atomic E-state index is 11.7. The number of aromatic nitrogens is 1. The van der Waals surface area contributed by atoms with Crippen molar-refractivity contribution < 1.29 is 14.7 Å². The quantitative estimate of drug-likeness (QED) is 0.880. The van der Waals surface area contributed by atoms with Crippen LogP contribution in [0.15, 0.2) is 5.38 Å². The van der Waals surface area contributed by atoms with Gasteiger partial charge in [0.1, 0.15) is 11.0 Å². The summed E-state index contributed by atoms with van der Waals surface area (Å²) in [6.07, 6.45) is 1.20. The van der Waals surface area contributed by atoms with E-state index in [2.05, 4.69) is 4.98 Å². The zero-order chi connectivity index (χ0) is 15.6. The molecule has 1 amide bonds. The minimum absolute atomic E-state index is 0.0223. The predicted molar refractivity (Wildman–Crippen MR) is 80.1 cm³/mol. The molecule has 1 fully saturated rings. The number of hydrogen-bond donors (Lipinski definition) is 1. The van der Waals surface area contributed by atoms with Gasteiger partial charge in [0, 0.05) is 26.0 Å². The van der Waals surface area contributed by atoms with E-state index >= 15 is 0 Å². The molecule has 0 aromatic carbocycles. The number of carbonyl (C=O) groups excluding carboxylic acids is 1. The van der Waals surface area contributed by atoms with E-state index in [0.29, 0.717) is 13.0 Å². The zero-order valence-electron chi connectivity index (χ0n) is 12.6. The van der Waals surface area contributed by atoms with Crippen LogP contribution in [0.5, 0.6) is 0 Å². The fraction of sp³-hybridized carbons (Fsp3) is 0.643. The van der Waals surface area contributed by atoms with Crippen LogP contribution in [-0.2, 0) is 22.6 Å². The first-order valence-electron chi connectivity index (χ1n) is 6.98. The third kappa shape index (κ3) is 3.79. The van der Waals surface area contributed by atoms with E-state index in [9.17, 15) is 14.7 Å². The summed E-state index contributed by atoms with van der Waals surface area (Å²) in [5.41, 5.74) is 0.849. The Bertz CT molecular complexity index is 529. The summed E-state index contributed by atoms with van der Waals surface area (Å²) in [5.74, 6) is -0.580. The number of likely N-dealkylation sites (tertiary alicyclic amines) is 1. The molecule has 0 spiro atoms. The molecular weight excluding hydrogens is 290 g/mol. The number of hydrogen-bond acceptors (Lipinski definition) is 5. The van der Waals surface area contributed by atoms with Crippen molar-refractivity contribution in [3.8, 4) is 0 Å². The molecule has 7 heteroatoms. The normalized spacial score (nSPS) is 22.4. The van der Waals surface area contributed by atoms with Gasteiger partial charge in [0.05, 0.1) is 12.1 Å². The molecule has 1 aromatic rings. The van der Waals surface area contributed by atoms with E-state index in [1.165, 1.54) is 11.3 Å².